The molecule has 0 radical (unpaired) electrons. The van der Waals surface area contributed by atoms with Gasteiger partial charge in [0.15, 0.2) is 0 Å². The van der Waals surface area contributed by atoms with Crippen molar-refractivity contribution in [3.05, 3.63) is 29.8 Å². The van der Waals surface area contributed by atoms with Crippen molar-refractivity contribution in [1.29, 1.82) is 5.26 Å². The van der Waals surface area contributed by atoms with Gasteiger partial charge in [0.05, 0.1) is 12.6 Å². The lowest BCUT2D eigenvalue weighted by Crippen LogP contribution is -2.43. The van der Waals surface area contributed by atoms with Crippen molar-refractivity contribution in [2.45, 2.75) is 18.6 Å². The number of hydrogen-bond donors (Lipinski definition) is 1. The third-order valence-corrected chi connectivity index (χ3v) is 2.83. The smallest absolute Gasteiger partial charge is 0.378 e. The molecule has 0 aliphatic rings. The van der Waals surface area contributed by atoms with Gasteiger partial charge in [0, 0.05) is 19.8 Å². The molecule has 1 unspecified atom stereocenters. The molecule has 0 heterocycles. The topological polar surface area (TPSA) is 39.1 Å². The highest BCUT2D eigenvalue weighted by Gasteiger charge is 2.33. The monoisotopic (exact) mass is 271 g/mol. The van der Waals surface area contributed by atoms with Gasteiger partial charge in [-0.3, -0.25) is 5.32 Å². The number of nitrogens with one attached hydrogen (secondary N) is 1. The van der Waals surface area contributed by atoms with Gasteiger partial charge in [0.25, 0.3) is 0 Å². The first kappa shape index (κ1) is 15.3. The van der Waals surface area contributed by atoms with Crippen LogP contribution in [0.5, 0.6) is 0 Å². The van der Waals surface area contributed by atoms with Crippen LogP contribution in [0.3, 0.4) is 0 Å². The Balaban J connectivity index is 2.93. The second-order valence-corrected chi connectivity index (χ2v) is 4.65. The largest absolute Gasteiger partial charge is 0.401 e. The molecule has 1 aromatic rings. The maximum atomic E-state index is 12.2. The molecule has 0 saturated heterocycles. The van der Waals surface area contributed by atoms with Gasteiger partial charge >= 0.3 is 6.18 Å². The Labute approximate surface area is 110 Å². The number of hydrogen-bond acceptors (Lipinski definition) is 3. The van der Waals surface area contributed by atoms with E-state index < -0.39 is 18.3 Å². The first-order valence-electron chi connectivity index (χ1n) is 5.69. The molecule has 0 fully saturated rings. The fourth-order valence-electron chi connectivity index (χ4n) is 1.58. The Morgan fingerprint density at radius 2 is 1.74 bits per heavy atom. The van der Waals surface area contributed by atoms with Gasteiger partial charge in [0.2, 0.25) is 0 Å². The number of nitrogens with zero attached hydrogens (tertiary/aromatic N) is 2. The summed E-state index contributed by atoms with van der Waals surface area (Å²) in [5, 5.41) is 11.4. The average Bonchev–Trinajstić information content (AvgIpc) is 2.35. The number of benzene rings is 1. The minimum absolute atomic E-state index is 0.504. The van der Waals surface area contributed by atoms with E-state index in [4.69, 9.17) is 5.26 Å². The lowest BCUT2D eigenvalue weighted by molar-refractivity contribution is -0.127. The van der Waals surface area contributed by atoms with E-state index in [0.29, 0.717) is 5.56 Å². The van der Waals surface area contributed by atoms with Crippen molar-refractivity contribution in [2.75, 3.05) is 25.5 Å². The summed E-state index contributed by atoms with van der Waals surface area (Å²) in [6.45, 7) is 0.232. The minimum Gasteiger partial charge on any atom is -0.378 e. The van der Waals surface area contributed by atoms with E-state index in [2.05, 4.69) is 5.32 Å². The average molecular weight is 271 g/mol. The van der Waals surface area contributed by atoms with Gasteiger partial charge in [0.1, 0.15) is 5.54 Å². The highest BCUT2D eigenvalue weighted by atomic mass is 19.4. The van der Waals surface area contributed by atoms with Crippen LogP contribution in [-0.4, -0.2) is 26.8 Å². The number of alkyl halides is 3. The predicted molar refractivity (Wildman–Crippen MR) is 67.8 cm³/mol. The van der Waals surface area contributed by atoms with Gasteiger partial charge in [-0.15, -0.1) is 0 Å². The van der Waals surface area contributed by atoms with Crippen molar-refractivity contribution >= 4 is 5.69 Å². The highest BCUT2D eigenvalue weighted by molar-refractivity contribution is 5.48. The molecule has 1 N–H and O–H groups in total. The zero-order chi connectivity index (χ0) is 14.7. The molecule has 1 rings (SSSR count). The van der Waals surface area contributed by atoms with E-state index in [-0.39, 0.29) is 0 Å². The van der Waals surface area contributed by atoms with E-state index in [1.807, 2.05) is 25.1 Å². The fourth-order valence-corrected chi connectivity index (χ4v) is 1.58. The lowest BCUT2D eigenvalue weighted by Gasteiger charge is -2.25. The Kier molecular flexibility index (Phi) is 4.43. The number of rotatable bonds is 4. The molecule has 0 aromatic heterocycles. The number of anilines is 1. The Bertz CT molecular complexity index is 460. The highest BCUT2D eigenvalue weighted by Crippen LogP contribution is 2.24. The van der Waals surface area contributed by atoms with Gasteiger partial charge in [-0.25, -0.2) is 0 Å². The Hall–Kier alpha value is -1.74. The molecule has 0 amide bonds. The lowest BCUT2D eigenvalue weighted by atomic mass is 9.93. The molecule has 0 bridgehead atoms. The SMILES string of the molecule is CN(C)c1ccc(C(C)(C#N)NCC(F)(F)F)cc1. The molecular weight excluding hydrogens is 255 g/mol. The first-order chi connectivity index (χ1) is 8.68. The molecule has 0 saturated carbocycles. The van der Waals surface area contributed by atoms with Crippen LogP contribution in [0.1, 0.15) is 12.5 Å². The number of nitriles is 1. The quantitative estimate of drug-likeness (QED) is 0.915. The van der Waals surface area contributed by atoms with Gasteiger partial charge in [-0.05, 0) is 24.6 Å². The van der Waals surface area contributed by atoms with Crippen LogP contribution in [0.15, 0.2) is 24.3 Å². The third kappa shape index (κ3) is 4.14. The fraction of sp³-hybridized carbons (Fsp3) is 0.462. The van der Waals surface area contributed by atoms with E-state index >= 15 is 0 Å². The molecule has 19 heavy (non-hydrogen) atoms. The maximum Gasteiger partial charge on any atom is 0.401 e. The van der Waals surface area contributed by atoms with Crippen LogP contribution < -0.4 is 10.2 Å². The zero-order valence-electron chi connectivity index (χ0n) is 11.0. The van der Waals surface area contributed by atoms with Crippen LogP contribution in [0.25, 0.3) is 0 Å². The summed E-state index contributed by atoms with van der Waals surface area (Å²) in [7, 11) is 3.72. The first-order valence-corrected chi connectivity index (χ1v) is 5.69. The predicted octanol–water partition coefficient (Wildman–Crippen LogP) is 2.64. The standard InChI is InChI=1S/C13H16F3N3/c1-12(8-17,18-9-13(14,15)16)10-4-6-11(7-5-10)19(2)3/h4-7,18H,9H2,1-3H3. The van der Waals surface area contributed by atoms with Crippen LogP contribution >= 0.6 is 0 Å². The Morgan fingerprint density at radius 3 is 2.11 bits per heavy atom. The summed E-state index contributed by atoms with van der Waals surface area (Å²) in [4.78, 5) is 1.87. The zero-order valence-corrected chi connectivity index (χ0v) is 11.0. The van der Waals surface area contributed by atoms with E-state index in [9.17, 15) is 13.2 Å². The van der Waals surface area contributed by atoms with Crippen molar-refractivity contribution in [3.8, 4) is 6.07 Å². The summed E-state index contributed by atoms with van der Waals surface area (Å²) >= 11 is 0. The molecular formula is C13H16F3N3. The molecule has 1 atom stereocenters. The second kappa shape index (κ2) is 5.49. The van der Waals surface area contributed by atoms with Crippen LogP contribution in [0, 0.1) is 11.3 Å². The molecule has 0 aliphatic heterocycles. The molecule has 6 heteroatoms. The maximum absolute atomic E-state index is 12.2. The van der Waals surface area contributed by atoms with Crippen LogP contribution in [0.2, 0.25) is 0 Å². The van der Waals surface area contributed by atoms with E-state index in [1.54, 1.807) is 24.3 Å². The summed E-state index contributed by atoms with van der Waals surface area (Å²) in [6, 6.07) is 8.73. The second-order valence-electron chi connectivity index (χ2n) is 4.65. The molecule has 0 aliphatic carbocycles. The molecule has 104 valence electrons. The summed E-state index contributed by atoms with van der Waals surface area (Å²) < 4.78 is 36.7. The van der Waals surface area contributed by atoms with Gasteiger partial charge in [-0.1, -0.05) is 12.1 Å². The Morgan fingerprint density at radius 1 is 1.21 bits per heavy atom. The van der Waals surface area contributed by atoms with E-state index in [1.165, 1.54) is 6.92 Å². The van der Waals surface area contributed by atoms with Crippen molar-refractivity contribution in [3.63, 3.8) is 0 Å². The van der Waals surface area contributed by atoms with E-state index in [0.717, 1.165) is 5.69 Å². The van der Waals surface area contributed by atoms with Crippen molar-refractivity contribution in [2.24, 2.45) is 0 Å². The minimum atomic E-state index is -4.35. The molecule has 1 aromatic carbocycles. The summed E-state index contributed by atoms with van der Waals surface area (Å²) in [5.41, 5.74) is 0.0603. The van der Waals surface area contributed by atoms with Gasteiger partial charge < -0.3 is 4.90 Å². The third-order valence-electron chi connectivity index (χ3n) is 2.83. The summed E-state index contributed by atoms with van der Waals surface area (Å²) in [6.07, 6.45) is -4.35. The molecule has 3 nitrogen and oxygen atoms in total. The van der Waals surface area contributed by atoms with Crippen molar-refractivity contribution < 1.29 is 13.2 Å². The van der Waals surface area contributed by atoms with Gasteiger partial charge in [-0.2, -0.15) is 18.4 Å². The normalized spacial score (nSPS) is 14.6. The van der Waals surface area contributed by atoms with Crippen molar-refractivity contribution in [1.82, 2.24) is 5.32 Å². The number of halogens is 3. The van der Waals surface area contributed by atoms with Crippen LogP contribution in [0.4, 0.5) is 18.9 Å². The molecule has 0 spiro atoms. The van der Waals surface area contributed by atoms with Crippen LogP contribution in [-0.2, 0) is 5.54 Å². The summed E-state index contributed by atoms with van der Waals surface area (Å²) in [5.74, 6) is 0.